The van der Waals surface area contributed by atoms with Crippen LogP contribution in [-0.4, -0.2) is 35.6 Å². The van der Waals surface area contributed by atoms with Crippen LogP contribution in [-0.2, 0) is 6.42 Å². The van der Waals surface area contributed by atoms with Gasteiger partial charge in [-0.1, -0.05) is 32.0 Å². The summed E-state index contributed by atoms with van der Waals surface area (Å²) in [6, 6.07) is 7.84. The minimum absolute atomic E-state index is 0.426. The van der Waals surface area contributed by atoms with E-state index in [2.05, 4.69) is 25.8 Å². The second-order valence-corrected chi connectivity index (χ2v) is 4.66. The molecule has 100 valence electrons. The largest absolute Gasteiger partial charge is 0.478 e. The maximum absolute atomic E-state index is 11.1. The third kappa shape index (κ3) is 3.84. The zero-order valence-corrected chi connectivity index (χ0v) is 11.5. The Morgan fingerprint density at radius 3 is 2.44 bits per heavy atom. The molecule has 3 heteroatoms. The number of carboxylic acids is 1. The van der Waals surface area contributed by atoms with E-state index < -0.39 is 5.97 Å². The number of likely N-dealkylation sites (N-methyl/N-ethyl adjacent to an activating group) is 1. The number of carbonyl (C=O) groups is 1. The molecule has 1 N–H and O–H groups in total. The highest BCUT2D eigenvalue weighted by Gasteiger charge is 2.13. The predicted octanol–water partition coefficient (Wildman–Crippen LogP) is 3.05. The molecule has 0 atom stereocenters. The van der Waals surface area contributed by atoms with Gasteiger partial charge in [-0.15, -0.1) is 0 Å². The van der Waals surface area contributed by atoms with E-state index in [-0.39, 0.29) is 0 Å². The van der Waals surface area contributed by atoms with Crippen LogP contribution in [0.1, 0.15) is 42.6 Å². The molecule has 1 aromatic rings. The molecule has 0 aliphatic heterocycles. The van der Waals surface area contributed by atoms with Gasteiger partial charge in [0, 0.05) is 12.6 Å². The second-order valence-electron chi connectivity index (χ2n) is 4.66. The molecule has 0 saturated carbocycles. The van der Waals surface area contributed by atoms with Gasteiger partial charge >= 0.3 is 5.97 Å². The zero-order chi connectivity index (χ0) is 13.5. The first-order chi connectivity index (χ1) is 8.60. The van der Waals surface area contributed by atoms with E-state index in [9.17, 15) is 4.79 Å². The lowest BCUT2D eigenvalue weighted by Crippen LogP contribution is -2.32. The highest BCUT2D eigenvalue weighted by Crippen LogP contribution is 2.12. The summed E-state index contributed by atoms with van der Waals surface area (Å²) in [6.07, 6.45) is 3.05. The number of aromatic carboxylic acids is 1. The lowest BCUT2D eigenvalue weighted by molar-refractivity contribution is 0.0695. The highest BCUT2D eigenvalue weighted by atomic mass is 16.4. The van der Waals surface area contributed by atoms with Crippen LogP contribution in [0.2, 0.25) is 0 Å². The number of benzene rings is 1. The zero-order valence-electron chi connectivity index (χ0n) is 11.5. The number of rotatable bonds is 7. The third-order valence-electron chi connectivity index (χ3n) is 3.55. The lowest BCUT2D eigenvalue weighted by Gasteiger charge is -2.26. The Bertz CT molecular complexity index is 386. The highest BCUT2D eigenvalue weighted by molar-refractivity contribution is 5.89. The molecule has 0 fully saturated rings. The van der Waals surface area contributed by atoms with Gasteiger partial charge in [-0.3, -0.25) is 0 Å². The van der Waals surface area contributed by atoms with Crippen LogP contribution < -0.4 is 0 Å². The van der Waals surface area contributed by atoms with E-state index in [1.54, 1.807) is 12.1 Å². The molecule has 1 rings (SSSR count). The fraction of sp³-hybridized carbons (Fsp3) is 0.533. The number of hydrogen-bond acceptors (Lipinski definition) is 2. The fourth-order valence-corrected chi connectivity index (χ4v) is 2.34. The molecule has 1 aromatic carbocycles. The van der Waals surface area contributed by atoms with E-state index in [1.165, 1.54) is 0 Å². The average molecular weight is 249 g/mol. The van der Waals surface area contributed by atoms with Crippen LogP contribution in [0.4, 0.5) is 0 Å². The molecule has 0 radical (unpaired) electrons. The van der Waals surface area contributed by atoms with E-state index >= 15 is 0 Å². The summed E-state index contributed by atoms with van der Waals surface area (Å²) >= 11 is 0. The number of nitrogens with zero attached hydrogens (tertiary/aromatic N) is 1. The monoisotopic (exact) mass is 249 g/mol. The van der Waals surface area contributed by atoms with Crippen LogP contribution in [0.3, 0.4) is 0 Å². The van der Waals surface area contributed by atoms with Crippen molar-refractivity contribution in [1.29, 1.82) is 0 Å². The Morgan fingerprint density at radius 1 is 1.28 bits per heavy atom. The summed E-state index contributed by atoms with van der Waals surface area (Å²) in [5.41, 5.74) is 1.35. The predicted molar refractivity (Wildman–Crippen MR) is 74.1 cm³/mol. The molecule has 0 heterocycles. The van der Waals surface area contributed by atoms with E-state index in [4.69, 9.17) is 5.11 Å². The Morgan fingerprint density at radius 2 is 1.89 bits per heavy atom. The molecule has 0 unspecified atom stereocenters. The molecule has 0 aromatic heterocycles. The second kappa shape index (κ2) is 7.17. The van der Waals surface area contributed by atoms with Crippen molar-refractivity contribution in [3.63, 3.8) is 0 Å². The molecule has 0 aliphatic carbocycles. The summed E-state index contributed by atoms with van der Waals surface area (Å²) in [6.45, 7) is 5.28. The van der Waals surface area contributed by atoms with Gasteiger partial charge in [0.25, 0.3) is 0 Å². The van der Waals surface area contributed by atoms with Gasteiger partial charge in [-0.25, -0.2) is 4.79 Å². The quantitative estimate of drug-likeness (QED) is 0.807. The van der Waals surface area contributed by atoms with Crippen molar-refractivity contribution in [1.82, 2.24) is 4.90 Å². The number of hydrogen-bond donors (Lipinski definition) is 1. The Hall–Kier alpha value is -1.35. The summed E-state index contributed by atoms with van der Waals surface area (Å²) in [7, 11) is 2.11. The van der Waals surface area contributed by atoms with Gasteiger partial charge < -0.3 is 10.0 Å². The SMILES string of the molecule is CCC(CC)N(C)CCc1ccccc1C(=O)O. The summed E-state index contributed by atoms with van der Waals surface area (Å²) < 4.78 is 0. The molecule has 0 bridgehead atoms. The first-order valence-electron chi connectivity index (χ1n) is 6.61. The first kappa shape index (κ1) is 14.7. The average Bonchev–Trinajstić information content (AvgIpc) is 2.38. The van der Waals surface area contributed by atoms with Crippen LogP contribution in [0.25, 0.3) is 0 Å². The van der Waals surface area contributed by atoms with Crippen molar-refractivity contribution in [3.8, 4) is 0 Å². The molecule has 0 saturated heterocycles. The van der Waals surface area contributed by atoms with E-state index in [0.717, 1.165) is 31.4 Å². The molecule has 0 amide bonds. The first-order valence-corrected chi connectivity index (χ1v) is 6.61. The summed E-state index contributed by atoms with van der Waals surface area (Å²) in [4.78, 5) is 13.4. The smallest absolute Gasteiger partial charge is 0.335 e. The van der Waals surface area contributed by atoms with Crippen LogP contribution in [0.5, 0.6) is 0 Å². The van der Waals surface area contributed by atoms with Crippen molar-refractivity contribution in [2.24, 2.45) is 0 Å². The van der Waals surface area contributed by atoms with Crippen molar-refractivity contribution in [2.75, 3.05) is 13.6 Å². The lowest BCUT2D eigenvalue weighted by atomic mass is 10.0. The van der Waals surface area contributed by atoms with Gasteiger partial charge in [0.2, 0.25) is 0 Å². The summed E-state index contributed by atoms with van der Waals surface area (Å²) in [5.74, 6) is -0.837. The molecule has 0 spiro atoms. The van der Waals surface area contributed by atoms with Crippen molar-refractivity contribution < 1.29 is 9.90 Å². The van der Waals surface area contributed by atoms with Crippen molar-refractivity contribution in [2.45, 2.75) is 39.2 Å². The maximum Gasteiger partial charge on any atom is 0.335 e. The van der Waals surface area contributed by atoms with E-state index in [0.29, 0.717) is 11.6 Å². The van der Waals surface area contributed by atoms with Crippen molar-refractivity contribution in [3.05, 3.63) is 35.4 Å². The Balaban J connectivity index is 2.66. The number of carboxylic acid groups (broad SMARTS) is 1. The van der Waals surface area contributed by atoms with Gasteiger partial charge in [0.15, 0.2) is 0 Å². The molecule has 3 nitrogen and oxygen atoms in total. The minimum atomic E-state index is -0.837. The van der Waals surface area contributed by atoms with Crippen LogP contribution in [0.15, 0.2) is 24.3 Å². The van der Waals surface area contributed by atoms with Crippen molar-refractivity contribution >= 4 is 5.97 Å². The van der Waals surface area contributed by atoms with Gasteiger partial charge in [-0.05, 0) is 37.9 Å². The maximum atomic E-state index is 11.1. The van der Waals surface area contributed by atoms with E-state index in [1.807, 2.05) is 12.1 Å². The third-order valence-corrected chi connectivity index (χ3v) is 3.55. The standard InChI is InChI=1S/C15H23NO2/c1-4-13(5-2)16(3)11-10-12-8-6-7-9-14(12)15(17)18/h6-9,13H,4-5,10-11H2,1-3H3,(H,17,18). The minimum Gasteiger partial charge on any atom is -0.478 e. The van der Waals surface area contributed by atoms with Gasteiger partial charge in [-0.2, -0.15) is 0 Å². The molecule has 0 aliphatic rings. The topological polar surface area (TPSA) is 40.5 Å². The summed E-state index contributed by atoms with van der Waals surface area (Å²) in [5, 5.41) is 9.12. The fourth-order valence-electron chi connectivity index (χ4n) is 2.34. The van der Waals surface area contributed by atoms with Gasteiger partial charge in [0.05, 0.1) is 5.56 Å². The Kier molecular flexibility index (Phi) is 5.86. The van der Waals surface area contributed by atoms with Crippen LogP contribution >= 0.6 is 0 Å². The Labute approximate surface area is 109 Å². The molecular formula is C15H23NO2. The van der Waals surface area contributed by atoms with Crippen LogP contribution in [0, 0.1) is 0 Å². The molecule has 18 heavy (non-hydrogen) atoms. The van der Waals surface area contributed by atoms with Gasteiger partial charge in [0.1, 0.15) is 0 Å². The molecular weight excluding hydrogens is 226 g/mol. The normalized spacial score (nSPS) is 11.2.